The molecule has 0 unspecified atom stereocenters. The summed E-state index contributed by atoms with van der Waals surface area (Å²) in [7, 11) is 1.64. The number of nitrogens with one attached hydrogen (secondary N) is 3. The Morgan fingerprint density at radius 1 is 1.11 bits per heavy atom. The van der Waals surface area contributed by atoms with Gasteiger partial charge in [0.25, 0.3) is 0 Å². The van der Waals surface area contributed by atoms with Gasteiger partial charge in [-0.05, 0) is 57.0 Å². The van der Waals surface area contributed by atoms with Gasteiger partial charge in [-0.3, -0.25) is 9.59 Å². The fourth-order valence-corrected chi connectivity index (χ4v) is 4.17. The number of anilines is 2. The van der Waals surface area contributed by atoms with Crippen LogP contribution in [0.15, 0.2) is 24.3 Å². The zero-order chi connectivity index (χ0) is 19.1. The van der Waals surface area contributed by atoms with Crippen LogP contribution < -0.4 is 16.0 Å². The van der Waals surface area contributed by atoms with Crippen molar-refractivity contribution >= 4 is 35.6 Å². The first-order valence-corrected chi connectivity index (χ1v) is 10.0. The topological polar surface area (TPSA) is 79.5 Å². The summed E-state index contributed by atoms with van der Waals surface area (Å²) in [6.07, 6.45) is 6.93. The molecule has 0 spiro atoms. The van der Waals surface area contributed by atoms with Crippen LogP contribution in [0, 0.1) is 11.3 Å². The molecule has 2 fully saturated rings. The third kappa shape index (κ3) is 5.69. The van der Waals surface area contributed by atoms with Crippen molar-refractivity contribution in [3.63, 3.8) is 0 Å². The molecule has 2 aliphatic rings. The molecular formula is C21H32ClN3O3. The highest BCUT2D eigenvalue weighted by molar-refractivity contribution is 5.97. The van der Waals surface area contributed by atoms with Crippen molar-refractivity contribution in [2.75, 3.05) is 37.4 Å². The summed E-state index contributed by atoms with van der Waals surface area (Å²) in [5, 5.41) is 9.34. The molecule has 28 heavy (non-hydrogen) atoms. The van der Waals surface area contributed by atoms with Crippen LogP contribution in [0.1, 0.15) is 44.9 Å². The number of piperidine rings is 1. The minimum atomic E-state index is -0.499. The molecule has 1 aromatic rings. The zero-order valence-corrected chi connectivity index (χ0v) is 17.4. The molecule has 0 bridgehead atoms. The number of rotatable bonds is 6. The molecule has 2 amide bonds. The predicted octanol–water partition coefficient (Wildman–Crippen LogP) is 3.58. The Labute approximate surface area is 173 Å². The molecule has 0 aromatic heterocycles. The number of carbonyl (C=O) groups excluding carboxylic acids is 2. The van der Waals surface area contributed by atoms with Crippen molar-refractivity contribution in [1.29, 1.82) is 0 Å². The summed E-state index contributed by atoms with van der Waals surface area (Å²) < 4.78 is 5.34. The fraction of sp³-hybridized carbons (Fsp3) is 0.619. The third-order valence-corrected chi connectivity index (χ3v) is 5.83. The summed E-state index contributed by atoms with van der Waals surface area (Å²) in [4.78, 5) is 25.4. The van der Waals surface area contributed by atoms with Gasteiger partial charge in [0.15, 0.2) is 0 Å². The van der Waals surface area contributed by atoms with E-state index >= 15 is 0 Å². The normalized spacial score (nSPS) is 19.3. The highest BCUT2D eigenvalue weighted by atomic mass is 35.5. The van der Waals surface area contributed by atoms with Gasteiger partial charge in [0.2, 0.25) is 11.8 Å². The van der Waals surface area contributed by atoms with Gasteiger partial charge < -0.3 is 20.7 Å². The van der Waals surface area contributed by atoms with Gasteiger partial charge in [-0.15, -0.1) is 12.4 Å². The Morgan fingerprint density at radius 2 is 1.75 bits per heavy atom. The summed E-state index contributed by atoms with van der Waals surface area (Å²) >= 11 is 0. The van der Waals surface area contributed by atoms with Crippen molar-refractivity contribution < 1.29 is 14.3 Å². The maximum atomic E-state index is 13.0. The van der Waals surface area contributed by atoms with Gasteiger partial charge in [0.05, 0.1) is 12.0 Å². The summed E-state index contributed by atoms with van der Waals surface area (Å²) in [6.45, 7) is 2.04. The lowest BCUT2D eigenvalue weighted by Gasteiger charge is -2.35. The number of hydrogen-bond acceptors (Lipinski definition) is 4. The number of benzene rings is 1. The van der Waals surface area contributed by atoms with E-state index in [4.69, 9.17) is 4.74 Å². The maximum Gasteiger partial charge on any atom is 0.233 e. The van der Waals surface area contributed by atoms with Gasteiger partial charge in [0.1, 0.15) is 0 Å². The first-order valence-electron chi connectivity index (χ1n) is 10.0. The van der Waals surface area contributed by atoms with Crippen molar-refractivity contribution in [3.8, 4) is 0 Å². The van der Waals surface area contributed by atoms with Crippen LogP contribution in [0.25, 0.3) is 0 Å². The average Bonchev–Trinajstić information content (AvgIpc) is 2.70. The monoisotopic (exact) mass is 409 g/mol. The molecular weight excluding hydrogens is 378 g/mol. The largest absolute Gasteiger partial charge is 0.384 e. The molecule has 1 aliphatic heterocycles. The number of ether oxygens (including phenoxy) is 1. The standard InChI is InChI=1S/C21H31N3O3.ClH/c1-27-15-21(10-12-22-13-11-21)20(26)24-18-9-5-8-17(14-18)23-19(25)16-6-3-2-4-7-16;/h5,8-9,14,16,22H,2-4,6-7,10-13,15H2,1H3,(H,23,25)(H,24,26);1H. The number of halogens is 1. The Bertz CT molecular complexity index is 651. The Balaban J connectivity index is 0.00000280. The number of amides is 2. The van der Waals surface area contributed by atoms with Crippen LogP contribution >= 0.6 is 12.4 Å². The Morgan fingerprint density at radius 3 is 2.39 bits per heavy atom. The van der Waals surface area contributed by atoms with Crippen LogP contribution in [-0.4, -0.2) is 38.6 Å². The molecule has 1 aromatic carbocycles. The minimum Gasteiger partial charge on any atom is -0.384 e. The Kier molecular flexibility index (Phi) is 8.73. The van der Waals surface area contributed by atoms with Crippen LogP contribution in [0.2, 0.25) is 0 Å². The van der Waals surface area contributed by atoms with E-state index in [0.717, 1.165) is 57.3 Å². The summed E-state index contributed by atoms with van der Waals surface area (Å²) in [5.74, 6) is 0.186. The van der Waals surface area contributed by atoms with E-state index < -0.39 is 5.41 Å². The number of methoxy groups -OCH3 is 1. The van der Waals surface area contributed by atoms with Gasteiger partial charge in [0, 0.05) is 24.4 Å². The maximum absolute atomic E-state index is 13.0. The average molecular weight is 410 g/mol. The van der Waals surface area contributed by atoms with E-state index in [1.165, 1.54) is 6.42 Å². The second-order valence-electron chi connectivity index (χ2n) is 7.82. The number of hydrogen-bond donors (Lipinski definition) is 3. The molecule has 0 radical (unpaired) electrons. The number of carbonyl (C=O) groups is 2. The molecule has 7 heteroatoms. The SMILES string of the molecule is COCC1(C(=O)Nc2cccc(NC(=O)C3CCCCC3)c2)CCNCC1.Cl. The molecule has 3 rings (SSSR count). The first kappa shape index (κ1) is 22.7. The van der Waals surface area contributed by atoms with Gasteiger partial charge >= 0.3 is 0 Å². The third-order valence-electron chi connectivity index (χ3n) is 5.83. The van der Waals surface area contributed by atoms with Crippen LogP contribution in [-0.2, 0) is 14.3 Å². The molecule has 1 saturated carbocycles. The lowest BCUT2D eigenvalue weighted by atomic mass is 9.78. The molecule has 1 heterocycles. The first-order chi connectivity index (χ1) is 13.1. The second kappa shape index (κ2) is 10.8. The van der Waals surface area contributed by atoms with Crippen LogP contribution in [0.5, 0.6) is 0 Å². The summed E-state index contributed by atoms with van der Waals surface area (Å²) in [5.41, 5.74) is 0.936. The van der Waals surface area contributed by atoms with Gasteiger partial charge in [-0.2, -0.15) is 0 Å². The molecule has 0 atom stereocenters. The fourth-order valence-electron chi connectivity index (χ4n) is 4.17. The van der Waals surface area contributed by atoms with Crippen LogP contribution in [0.4, 0.5) is 11.4 Å². The quantitative estimate of drug-likeness (QED) is 0.670. The lowest BCUT2D eigenvalue weighted by molar-refractivity contribution is -0.130. The van der Waals surface area contributed by atoms with Crippen molar-refractivity contribution in [1.82, 2.24) is 5.32 Å². The second-order valence-corrected chi connectivity index (χ2v) is 7.82. The zero-order valence-electron chi connectivity index (χ0n) is 16.6. The highest BCUT2D eigenvalue weighted by Gasteiger charge is 2.39. The predicted molar refractivity (Wildman–Crippen MR) is 114 cm³/mol. The lowest BCUT2D eigenvalue weighted by Crippen LogP contribution is -2.47. The van der Waals surface area contributed by atoms with Crippen molar-refractivity contribution in [2.45, 2.75) is 44.9 Å². The van der Waals surface area contributed by atoms with Crippen molar-refractivity contribution in [3.05, 3.63) is 24.3 Å². The summed E-state index contributed by atoms with van der Waals surface area (Å²) in [6, 6.07) is 7.42. The van der Waals surface area contributed by atoms with Crippen LogP contribution in [0.3, 0.4) is 0 Å². The van der Waals surface area contributed by atoms with E-state index in [1.54, 1.807) is 7.11 Å². The van der Waals surface area contributed by atoms with Crippen molar-refractivity contribution in [2.24, 2.45) is 11.3 Å². The van der Waals surface area contributed by atoms with E-state index in [-0.39, 0.29) is 30.1 Å². The molecule has 156 valence electrons. The van der Waals surface area contributed by atoms with E-state index in [0.29, 0.717) is 12.3 Å². The molecule has 1 saturated heterocycles. The van der Waals surface area contributed by atoms with Gasteiger partial charge in [-0.1, -0.05) is 25.3 Å². The molecule has 1 aliphatic carbocycles. The minimum absolute atomic E-state index is 0. The Hall–Kier alpha value is -1.63. The molecule has 6 nitrogen and oxygen atoms in total. The van der Waals surface area contributed by atoms with E-state index in [2.05, 4.69) is 16.0 Å². The van der Waals surface area contributed by atoms with Gasteiger partial charge in [-0.25, -0.2) is 0 Å². The van der Waals surface area contributed by atoms with E-state index in [9.17, 15) is 9.59 Å². The molecule has 3 N–H and O–H groups in total. The van der Waals surface area contributed by atoms with E-state index in [1.807, 2.05) is 24.3 Å². The highest BCUT2D eigenvalue weighted by Crippen LogP contribution is 2.31. The smallest absolute Gasteiger partial charge is 0.233 e.